The molecule has 156 valence electrons. The van der Waals surface area contributed by atoms with E-state index in [1.165, 1.54) is 29.0 Å². The first-order valence-electron chi connectivity index (χ1n) is 9.33. The number of piperazine rings is 1. The minimum absolute atomic E-state index is 0.0578. The fourth-order valence-corrected chi connectivity index (χ4v) is 7.52. The number of hydrogen-bond donors (Lipinski definition) is 1. The van der Waals surface area contributed by atoms with Gasteiger partial charge in [0.05, 0.1) is 17.1 Å². The van der Waals surface area contributed by atoms with Crippen molar-refractivity contribution in [2.24, 2.45) is 0 Å². The average molecular weight is 492 g/mol. The molecular formula is C20H18BrN3O5S. The summed E-state index contributed by atoms with van der Waals surface area (Å²) >= 11 is 3.59. The minimum Gasteiger partial charge on any atom is -0.388 e. The van der Waals surface area contributed by atoms with Crippen molar-refractivity contribution < 1.29 is 23.1 Å². The van der Waals surface area contributed by atoms with Gasteiger partial charge in [0, 0.05) is 12.6 Å². The number of anilines is 1. The molecule has 0 aromatic heterocycles. The van der Waals surface area contributed by atoms with Gasteiger partial charge in [-0.25, -0.2) is 12.7 Å². The van der Waals surface area contributed by atoms with E-state index >= 15 is 0 Å². The predicted octanol–water partition coefficient (Wildman–Crippen LogP) is 0.856. The molecule has 2 amide bonds. The van der Waals surface area contributed by atoms with E-state index in [-0.39, 0.29) is 11.4 Å². The van der Waals surface area contributed by atoms with Gasteiger partial charge in [0.2, 0.25) is 11.8 Å². The lowest BCUT2D eigenvalue weighted by molar-refractivity contribution is -0.156. The molecule has 0 spiro atoms. The predicted molar refractivity (Wildman–Crippen MR) is 111 cm³/mol. The van der Waals surface area contributed by atoms with Gasteiger partial charge in [0.15, 0.2) is 0 Å². The van der Waals surface area contributed by atoms with Crippen molar-refractivity contribution in [2.75, 3.05) is 17.9 Å². The Bertz CT molecular complexity index is 1170. The van der Waals surface area contributed by atoms with Crippen LogP contribution in [0.4, 0.5) is 5.69 Å². The summed E-state index contributed by atoms with van der Waals surface area (Å²) < 4.78 is 27.2. The third kappa shape index (κ3) is 2.26. The smallest absolute Gasteiger partial charge is 0.266 e. The number of nitrogens with zero attached hydrogens (tertiary/aromatic N) is 3. The van der Waals surface area contributed by atoms with Crippen LogP contribution >= 0.6 is 15.9 Å². The molecular weight excluding hydrogens is 474 g/mol. The van der Waals surface area contributed by atoms with Crippen LogP contribution < -0.4 is 4.31 Å². The molecule has 30 heavy (non-hydrogen) atoms. The largest absolute Gasteiger partial charge is 0.388 e. The first-order valence-corrected chi connectivity index (χ1v) is 11.6. The van der Waals surface area contributed by atoms with Crippen molar-refractivity contribution in [1.29, 1.82) is 0 Å². The molecule has 2 fully saturated rings. The van der Waals surface area contributed by atoms with Crippen molar-refractivity contribution in [1.82, 2.24) is 9.80 Å². The number of fused-ring (bicyclic) bond motifs is 5. The van der Waals surface area contributed by atoms with Crippen molar-refractivity contribution in [3.05, 3.63) is 60.2 Å². The number of rotatable bonds is 2. The fraction of sp³-hybridized carbons (Fsp3) is 0.300. The molecule has 2 saturated heterocycles. The standard InChI is InChI=1S/C20H18BrN3O5S/c1-22-11-15(25)23-16(18(22)27)17(26)20(21)13-9-5-6-10-14(13)24(19(20)23)30(28,29)12-7-3-2-4-8-12/h2-10,16-17,19,26H,11H2,1H3/t16-,17+,19-,20+/m0/s1. The molecule has 2 aromatic carbocycles. The van der Waals surface area contributed by atoms with Crippen LogP contribution in [0.5, 0.6) is 0 Å². The molecule has 0 bridgehead atoms. The Balaban J connectivity index is 1.77. The highest BCUT2D eigenvalue weighted by atomic mass is 79.9. The van der Waals surface area contributed by atoms with Crippen molar-refractivity contribution in [3.63, 3.8) is 0 Å². The highest BCUT2D eigenvalue weighted by molar-refractivity contribution is 9.09. The van der Waals surface area contributed by atoms with E-state index in [9.17, 15) is 23.1 Å². The topological polar surface area (TPSA) is 98.2 Å². The van der Waals surface area contributed by atoms with Crippen LogP contribution in [0.2, 0.25) is 0 Å². The van der Waals surface area contributed by atoms with Gasteiger partial charge in [-0.05, 0) is 18.2 Å². The van der Waals surface area contributed by atoms with Crippen LogP contribution in [-0.2, 0) is 23.9 Å². The molecule has 10 heteroatoms. The fourth-order valence-electron chi connectivity index (χ4n) is 4.69. The van der Waals surface area contributed by atoms with E-state index in [1.807, 2.05) is 0 Å². The Morgan fingerprint density at radius 3 is 2.40 bits per heavy atom. The quantitative estimate of drug-likeness (QED) is 0.628. The van der Waals surface area contributed by atoms with E-state index in [1.54, 1.807) is 42.5 Å². The van der Waals surface area contributed by atoms with E-state index < -0.39 is 44.5 Å². The number of halogens is 1. The average Bonchev–Trinajstić information content (AvgIpc) is 3.13. The maximum Gasteiger partial charge on any atom is 0.266 e. The SMILES string of the molecule is CN1CC(=O)N2[C@H](C1=O)[C@@H](O)[C@]1(Br)c3ccccc3N(S(=O)(=O)c3ccccc3)[C@H]21. The van der Waals surface area contributed by atoms with Gasteiger partial charge in [-0.3, -0.25) is 9.59 Å². The Morgan fingerprint density at radius 2 is 1.70 bits per heavy atom. The van der Waals surface area contributed by atoms with Crippen LogP contribution in [0, 0.1) is 0 Å². The number of carbonyl (C=O) groups is 2. The Kier molecular flexibility index (Phi) is 4.09. The first kappa shape index (κ1) is 19.5. The van der Waals surface area contributed by atoms with Crippen LogP contribution in [0.3, 0.4) is 0 Å². The lowest BCUT2D eigenvalue weighted by atomic mass is 9.92. The zero-order valence-electron chi connectivity index (χ0n) is 15.8. The van der Waals surface area contributed by atoms with Crippen LogP contribution in [0.15, 0.2) is 59.5 Å². The Labute approximate surface area is 181 Å². The number of sulfonamides is 1. The van der Waals surface area contributed by atoms with Gasteiger partial charge in [-0.15, -0.1) is 0 Å². The molecule has 3 aliphatic rings. The summed E-state index contributed by atoms with van der Waals surface area (Å²) in [5.74, 6) is -0.849. The summed E-state index contributed by atoms with van der Waals surface area (Å²) in [4.78, 5) is 28.4. The molecule has 5 rings (SSSR count). The monoisotopic (exact) mass is 491 g/mol. The number of alkyl halides is 1. The number of benzene rings is 2. The number of amides is 2. The maximum absolute atomic E-state index is 13.7. The van der Waals surface area contributed by atoms with Crippen LogP contribution in [0.25, 0.3) is 0 Å². The second-order valence-corrected chi connectivity index (χ2v) is 10.8. The second-order valence-electron chi connectivity index (χ2n) is 7.66. The summed E-state index contributed by atoms with van der Waals surface area (Å²) in [5, 5.41) is 11.3. The molecule has 8 nitrogen and oxygen atoms in total. The summed E-state index contributed by atoms with van der Waals surface area (Å²) in [7, 11) is -2.61. The molecule has 0 aliphatic carbocycles. The molecule has 4 atom stereocenters. The summed E-state index contributed by atoms with van der Waals surface area (Å²) in [6.45, 7) is -0.183. The van der Waals surface area contributed by atoms with Crippen molar-refractivity contribution in [3.8, 4) is 0 Å². The van der Waals surface area contributed by atoms with Gasteiger partial charge in [-0.1, -0.05) is 52.3 Å². The van der Waals surface area contributed by atoms with E-state index in [2.05, 4.69) is 15.9 Å². The highest BCUT2D eigenvalue weighted by Gasteiger charge is 2.71. The third-order valence-corrected chi connectivity index (χ3v) is 9.12. The molecule has 2 aromatic rings. The molecule has 0 saturated carbocycles. The zero-order chi connectivity index (χ0) is 21.4. The van der Waals surface area contributed by atoms with Crippen LogP contribution in [0.1, 0.15) is 5.56 Å². The third-order valence-electron chi connectivity index (χ3n) is 6.03. The van der Waals surface area contributed by atoms with Crippen molar-refractivity contribution in [2.45, 2.75) is 27.5 Å². The number of para-hydroxylation sites is 1. The number of hydrogen-bond acceptors (Lipinski definition) is 5. The van der Waals surface area contributed by atoms with Gasteiger partial charge in [0.25, 0.3) is 10.0 Å². The van der Waals surface area contributed by atoms with Crippen LogP contribution in [-0.4, -0.2) is 67.0 Å². The number of likely N-dealkylation sites (N-methyl/N-ethyl adjacent to an activating group) is 1. The minimum atomic E-state index is -4.10. The van der Waals surface area contributed by atoms with E-state index in [0.717, 1.165) is 4.31 Å². The van der Waals surface area contributed by atoms with Gasteiger partial charge >= 0.3 is 0 Å². The number of aliphatic hydroxyl groups excluding tert-OH is 1. The Morgan fingerprint density at radius 1 is 1.07 bits per heavy atom. The van der Waals surface area contributed by atoms with E-state index in [4.69, 9.17) is 0 Å². The summed E-state index contributed by atoms with van der Waals surface area (Å²) in [5.41, 5.74) is 0.875. The highest BCUT2D eigenvalue weighted by Crippen LogP contribution is 2.59. The molecule has 3 aliphatic heterocycles. The van der Waals surface area contributed by atoms with E-state index in [0.29, 0.717) is 11.3 Å². The molecule has 0 radical (unpaired) electrons. The molecule has 3 heterocycles. The number of carbonyl (C=O) groups excluding carboxylic acids is 2. The van der Waals surface area contributed by atoms with Crippen molar-refractivity contribution >= 4 is 43.5 Å². The van der Waals surface area contributed by atoms with Gasteiger partial charge in [-0.2, -0.15) is 0 Å². The van der Waals surface area contributed by atoms with Gasteiger partial charge < -0.3 is 14.9 Å². The number of aliphatic hydroxyl groups is 1. The second kappa shape index (κ2) is 6.29. The zero-order valence-corrected chi connectivity index (χ0v) is 18.2. The first-order chi connectivity index (χ1) is 14.2. The molecule has 1 N–H and O–H groups in total. The molecule has 0 unspecified atom stereocenters. The summed E-state index contributed by atoms with van der Waals surface area (Å²) in [6, 6.07) is 13.5. The maximum atomic E-state index is 13.7. The lowest BCUT2D eigenvalue weighted by Gasteiger charge is -2.40. The lowest BCUT2D eigenvalue weighted by Crippen LogP contribution is -2.63. The van der Waals surface area contributed by atoms with Gasteiger partial charge in [0.1, 0.15) is 22.6 Å². The normalized spacial score (nSPS) is 30.4. The summed E-state index contributed by atoms with van der Waals surface area (Å²) in [6.07, 6.45) is -2.45. The Hall–Kier alpha value is -2.43.